The molecular formula is C17H19N5OS. The van der Waals surface area contributed by atoms with Crippen LogP contribution in [0.4, 0.5) is 0 Å². The van der Waals surface area contributed by atoms with E-state index in [9.17, 15) is 4.79 Å². The highest BCUT2D eigenvalue weighted by molar-refractivity contribution is 7.12. The van der Waals surface area contributed by atoms with E-state index in [4.69, 9.17) is 5.73 Å². The fraction of sp³-hybridized carbons (Fsp3) is 0.235. The van der Waals surface area contributed by atoms with Crippen molar-refractivity contribution in [3.05, 3.63) is 58.4 Å². The van der Waals surface area contributed by atoms with Gasteiger partial charge in [0.1, 0.15) is 0 Å². The Kier molecular flexibility index (Phi) is 5.02. The van der Waals surface area contributed by atoms with Gasteiger partial charge in [0.2, 0.25) is 0 Å². The molecule has 2 heterocycles. The van der Waals surface area contributed by atoms with E-state index in [1.165, 1.54) is 11.3 Å². The molecule has 1 atom stereocenters. The summed E-state index contributed by atoms with van der Waals surface area (Å²) in [5.74, 6) is -0.104. The lowest BCUT2D eigenvalue weighted by atomic mass is 10.1. The quantitative estimate of drug-likeness (QED) is 0.716. The first kappa shape index (κ1) is 16.4. The predicted octanol–water partition coefficient (Wildman–Crippen LogP) is 1.84. The second-order valence-corrected chi connectivity index (χ2v) is 6.45. The summed E-state index contributed by atoms with van der Waals surface area (Å²) in [5, 5.41) is 12.7. The minimum Gasteiger partial charge on any atom is -0.347 e. The van der Waals surface area contributed by atoms with E-state index in [0.29, 0.717) is 17.8 Å². The van der Waals surface area contributed by atoms with Gasteiger partial charge in [-0.3, -0.25) is 4.79 Å². The minimum atomic E-state index is -0.104. The van der Waals surface area contributed by atoms with Crippen molar-refractivity contribution in [2.45, 2.75) is 12.5 Å². The number of thiophene rings is 1. The molecular weight excluding hydrogens is 322 g/mol. The lowest BCUT2D eigenvalue weighted by Gasteiger charge is -2.16. The molecule has 3 N–H and O–H groups in total. The van der Waals surface area contributed by atoms with Crippen LogP contribution in [0.1, 0.15) is 15.2 Å². The van der Waals surface area contributed by atoms with E-state index < -0.39 is 0 Å². The fourth-order valence-corrected chi connectivity index (χ4v) is 3.29. The molecule has 0 spiro atoms. The van der Waals surface area contributed by atoms with Gasteiger partial charge in [0, 0.05) is 30.6 Å². The molecule has 3 aromatic rings. The number of amides is 1. The lowest BCUT2D eigenvalue weighted by Crippen LogP contribution is -2.41. The number of rotatable bonds is 6. The second kappa shape index (κ2) is 7.37. The van der Waals surface area contributed by atoms with Crippen molar-refractivity contribution in [1.29, 1.82) is 0 Å². The van der Waals surface area contributed by atoms with Gasteiger partial charge in [0.25, 0.3) is 5.91 Å². The maximum absolute atomic E-state index is 12.5. The number of carbonyl (C=O) groups excluding carboxylic acids is 1. The van der Waals surface area contributed by atoms with E-state index in [1.54, 1.807) is 10.9 Å². The molecule has 0 bridgehead atoms. The zero-order valence-corrected chi connectivity index (χ0v) is 14.2. The molecule has 0 aliphatic heterocycles. The van der Waals surface area contributed by atoms with Crippen LogP contribution in [0.2, 0.25) is 0 Å². The molecule has 0 saturated carbocycles. The van der Waals surface area contributed by atoms with Gasteiger partial charge in [0.05, 0.1) is 16.8 Å². The molecule has 124 valence electrons. The van der Waals surface area contributed by atoms with Crippen LogP contribution >= 0.6 is 11.3 Å². The number of benzene rings is 1. The highest BCUT2D eigenvalue weighted by Gasteiger charge is 2.16. The molecule has 24 heavy (non-hydrogen) atoms. The summed E-state index contributed by atoms with van der Waals surface area (Å²) < 4.78 is 1.68. The van der Waals surface area contributed by atoms with Crippen LogP contribution in [-0.4, -0.2) is 33.5 Å². The first-order valence-corrected chi connectivity index (χ1v) is 8.53. The van der Waals surface area contributed by atoms with Crippen molar-refractivity contribution in [1.82, 2.24) is 20.3 Å². The fourth-order valence-electron chi connectivity index (χ4n) is 2.49. The predicted molar refractivity (Wildman–Crippen MR) is 94.8 cm³/mol. The molecule has 1 amide bonds. The molecule has 1 unspecified atom stereocenters. The lowest BCUT2D eigenvalue weighted by molar-refractivity contribution is 0.0942. The molecule has 0 saturated heterocycles. The van der Waals surface area contributed by atoms with Gasteiger partial charge in [-0.15, -0.1) is 16.4 Å². The molecule has 0 aliphatic rings. The van der Waals surface area contributed by atoms with Crippen molar-refractivity contribution >= 4 is 17.2 Å². The smallest absolute Gasteiger partial charge is 0.261 e. The Hall–Kier alpha value is -2.51. The van der Waals surface area contributed by atoms with Crippen molar-refractivity contribution < 1.29 is 4.79 Å². The molecule has 0 radical (unpaired) electrons. The second-order valence-electron chi connectivity index (χ2n) is 5.54. The summed E-state index contributed by atoms with van der Waals surface area (Å²) in [4.78, 5) is 13.1. The number of nitrogens with two attached hydrogens (primary N) is 1. The Morgan fingerprint density at radius 3 is 2.83 bits per heavy atom. The highest BCUT2D eigenvalue weighted by Crippen LogP contribution is 2.24. The van der Waals surface area contributed by atoms with Gasteiger partial charge in [0.15, 0.2) is 0 Å². The van der Waals surface area contributed by atoms with Crippen LogP contribution in [0.5, 0.6) is 0 Å². The standard InChI is InChI=1S/C17H19N5OS/c1-22-15(10-19-21-22)13-8-16(24-11-13)17(23)20-14(9-18)7-12-5-3-2-4-6-12/h2-6,8,10-11,14H,7,9,18H2,1H3,(H,20,23). The van der Waals surface area contributed by atoms with E-state index in [0.717, 1.165) is 16.8 Å². The van der Waals surface area contributed by atoms with Crippen LogP contribution in [0.3, 0.4) is 0 Å². The molecule has 0 fully saturated rings. The Morgan fingerprint density at radius 1 is 1.38 bits per heavy atom. The first-order chi connectivity index (χ1) is 11.7. The van der Waals surface area contributed by atoms with Gasteiger partial charge < -0.3 is 11.1 Å². The molecule has 3 rings (SSSR count). The van der Waals surface area contributed by atoms with Crippen molar-refractivity contribution in [3.63, 3.8) is 0 Å². The summed E-state index contributed by atoms with van der Waals surface area (Å²) in [6.07, 6.45) is 2.40. The first-order valence-electron chi connectivity index (χ1n) is 7.66. The van der Waals surface area contributed by atoms with Gasteiger partial charge in [-0.25, -0.2) is 4.68 Å². The number of nitrogens with one attached hydrogen (secondary N) is 1. The third-order valence-electron chi connectivity index (χ3n) is 3.78. The molecule has 1 aromatic carbocycles. The van der Waals surface area contributed by atoms with Crippen LogP contribution in [0.15, 0.2) is 48.0 Å². The van der Waals surface area contributed by atoms with Gasteiger partial charge in [-0.2, -0.15) is 0 Å². The van der Waals surface area contributed by atoms with Gasteiger partial charge >= 0.3 is 0 Å². The number of carbonyl (C=O) groups is 1. The average molecular weight is 341 g/mol. The average Bonchev–Trinajstić information content (AvgIpc) is 3.23. The summed E-state index contributed by atoms with van der Waals surface area (Å²) in [6.45, 7) is 0.393. The topological polar surface area (TPSA) is 85.8 Å². The van der Waals surface area contributed by atoms with Crippen LogP contribution in [0.25, 0.3) is 11.3 Å². The number of aryl methyl sites for hydroxylation is 1. The van der Waals surface area contributed by atoms with E-state index in [-0.39, 0.29) is 11.9 Å². The third-order valence-corrected chi connectivity index (χ3v) is 4.71. The van der Waals surface area contributed by atoms with Crippen LogP contribution < -0.4 is 11.1 Å². The van der Waals surface area contributed by atoms with Crippen molar-refractivity contribution in [3.8, 4) is 11.3 Å². The third kappa shape index (κ3) is 3.69. The number of nitrogens with zero attached hydrogens (tertiary/aromatic N) is 3. The SMILES string of the molecule is Cn1nncc1-c1csc(C(=O)NC(CN)Cc2ccccc2)c1. The Labute approximate surface area is 144 Å². The Morgan fingerprint density at radius 2 is 2.17 bits per heavy atom. The maximum Gasteiger partial charge on any atom is 0.261 e. The van der Waals surface area contributed by atoms with E-state index in [1.807, 2.05) is 48.8 Å². The summed E-state index contributed by atoms with van der Waals surface area (Å²) in [6, 6.07) is 11.8. The van der Waals surface area contributed by atoms with E-state index >= 15 is 0 Å². The zero-order chi connectivity index (χ0) is 16.9. The van der Waals surface area contributed by atoms with Gasteiger partial charge in [-0.05, 0) is 18.1 Å². The number of hydrogen-bond donors (Lipinski definition) is 2. The van der Waals surface area contributed by atoms with E-state index in [2.05, 4.69) is 15.6 Å². The van der Waals surface area contributed by atoms with Crippen LogP contribution in [-0.2, 0) is 13.5 Å². The zero-order valence-electron chi connectivity index (χ0n) is 13.3. The highest BCUT2D eigenvalue weighted by atomic mass is 32.1. The number of aromatic nitrogens is 3. The monoisotopic (exact) mass is 341 g/mol. The van der Waals surface area contributed by atoms with Crippen LogP contribution in [0, 0.1) is 0 Å². The molecule has 6 nitrogen and oxygen atoms in total. The summed E-state index contributed by atoms with van der Waals surface area (Å²) in [7, 11) is 1.82. The summed E-state index contributed by atoms with van der Waals surface area (Å²) >= 11 is 1.40. The van der Waals surface area contributed by atoms with Gasteiger partial charge in [-0.1, -0.05) is 35.5 Å². The molecule has 2 aromatic heterocycles. The minimum absolute atomic E-state index is 0.0937. The summed E-state index contributed by atoms with van der Waals surface area (Å²) in [5.41, 5.74) is 8.79. The Balaban J connectivity index is 1.68. The van der Waals surface area contributed by atoms with Crippen molar-refractivity contribution in [2.75, 3.05) is 6.54 Å². The largest absolute Gasteiger partial charge is 0.347 e. The Bertz CT molecular complexity index is 811. The normalized spacial score (nSPS) is 12.1. The van der Waals surface area contributed by atoms with Crippen molar-refractivity contribution in [2.24, 2.45) is 12.8 Å². The maximum atomic E-state index is 12.5. The molecule has 7 heteroatoms. The number of hydrogen-bond acceptors (Lipinski definition) is 5. The molecule has 0 aliphatic carbocycles.